The first-order chi connectivity index (χ1) is 15.5. The van der Waals surface area contributed by atoms with Gasteiger partial charge >= 0.3 is 0 Å². The molecule has 2 N–H and O–H groups in total. The van der Waals surface area contributed by atoms with Gasteiger partial charge in [-0.15, -0.1) is 0 Å². The Morgan fingerprint density at radius 1 is 1.31 bits per heavy atom. The first kappa shape index (κ1) is 20.2. The molecule has 0 bridgehead atoms. The zero-order valence-corrected chi connectivity index (χ0v) is 17.9. The molecule has 1 aromatic carbocycles. The molecule has 1 unspecified atom stereocenters. The minimum Gasteiger partial charge on any atom is -0.444 e. The van der Waals surface area contributed by atoms with Gasteiger partial charge < -0.3 is 19.7 Å². The van der Waals surface area contributed by atoms with Crippen molar-refractivity contribution in [2.24, 2.45) is 7.05 Å². The number of β-amino-alcohol motifs (C(OH)–C–C–N with tert-alkyl or cyclic N) is 1. The molecule has 0 radical (unpaired) electrons. The van der Waals surface area contributed by atoms with E-state index in [0.29, 0.717) is 18.1 Å². The zero-order chi connectivity index (χ0) is 22.2. The second-order valence-corrected chi connectivity index (χ2v) is 8.15. The smallest absolute Gasteiger partial charge is 0.277 e. The highest BCUT2D eigenvalue weighted by Gasteiger charge is 2.23. The maximum absolute atomic E-state index is 13.0. The molecule has 3 aromatic heterocycles. The van der Waals surface area contributed by atoms with Crippen LogP contribution in [0.15, 0.2) is 47.3 Å². The molecule has 9 heteroatoms. The van der Waals surface area contributed by atoms with Gasteiger partial charge in [-0.2, -0.15) is 5.10 Å². The highest BCUT2D eigenvalue weighted by Crippen LogP contribution is 2.33. The van der Waals surface area contributed by atoms with E-state index in [1.807, 2.05) is 38.4 Å². The Hall–Kier alpha value is -3.72. The molecule has 4 heterocycles. The Kier molecular flexibility index (Phi) is 5.10. The molecular formula is C23H24N6O3. The van der Waals surface area contributed by atoms with Crippen LogP contribution < -0.4 is 10.2 Å². The third-order valence-corrected chi connectivity index (χ3v) is 5.60. The average Bonchev–Trinajstić information content (AvgIpc) is 3.39. The Morgan fingerprint density at radius 2 is 2.19 bits per heavy atom. The quantitative estimate of drug-likeness (QED) is 0.510. The largest absolute Gasteiger partial charge is 0.444 e. The summed E-state index contributed by atoms with van der Waals surface area (Å²) in [6.07, 6.45) is 6.20. The molecule has 5 rings (SSSR count). The SMILES string of the molecule is Cc1cc(-c2nc(C(=O)Nc3cc4cn(C)nc4cc3N3CCCC(O)C3)co2)ccn1. The number of amides is 1. The fraction of sp³-hybridized carbons (Fsp3) is 0.304. The second kappa shape index (κ2) is 8.08. The summed E-state index contributed by atoms with van der Waals surface area (Å²) in [5.41, 5.74) is 4.09. The number of pyridine rings is 1. The number of benzene rings is 1. The number of nitrogens with zero attached hydrogens (tertiary/aromatic N) is 5. The molecule has 0 aliphatic carbocycles. The van der Waals surface area contributed by atoms with E-state index < -0.39 is 6.10 Å². The highest BCUT2D eigenvalue weighted by molar-refractivity contribution is 6.06. The van der Waals surface area contributed by atoms with Crippen molar-refractivity contribution < 1.29 is 14.3 Å². The summed E-state index contributed by atoms with van der Waals surface area (Å²) in [5, 5.41) is 18.6. The summed E-state index contributed by atoms with van der Waals surface area (Å²) < 4.78 is 7.28. The van der Waals surface area contributed by atoms with E-state index in [1.54, 1.807) is 16.9 Å². The predicted molar refractivity (Wildman–Crippen MR) is 121 cm³/mol. The molecule has 1 amide bonds. The van der Waals surface area contributed by atoms with Gasteiger partial charge in [0.25, 0.3) is 5.91 Å². The van der Waals surface area contributed by atoms with Crippen molar-refractivity contribution >= 4 is 28.2 Å². The van der Waals surface area contributed by atoms with Crippen LogP contribution in [0.1, 0.15) is 29.0 Å². The van der Waals surface area contributed by atoms with Gasteiger partial charge in [-0.3, -0.25) is 14.5 Å². The number of aromatic nitrogens is 4. The van der Waals surface area contributed by atoms with Gasteiger partial charge in [0.05, 0.1) is 23.0 Å². The van der Waals surface area contributed by atoms with Crippen LogP contribution >= 0.6 is 0 Å². The van der Waals surface area contributed by atoms with Crippen LogP contribution in [0.2, 0.25) is 0 Å². The van der Waals surface area contributed by atoms with Gasteiger partial charge in [-0.05, 0) is 44.0 Å². The summed E-state index contributed by atoms with van der Waals surface area (Å²) in [4.78, 5) is 23.7. The van der Waals surface area contributed by atoms with E-state index in [1.165, 1.54) is 6.26 Å². The van der Waals surface area contributed by atoms with Crippen molar-refractivity contribution in [3.63, 3.8) is 0 Å². The molecule has 1 fully saturated rings. The van der Waals surface area contributed by atoms with Gasteiger partial charge in [0, 0.05) is 49.2 Å². The number of aliphatic hydroxyl groups excluding tert-OH is 1. The van der Waals surface area contributed by atoms with Crippen LogP contribution in [0.4, 0.5) is 11.4 Å². The van der Waals surface area contributed by atoms with Gasteiger partial charge in [0.2, 0.25) is 5.89 Å². The number of aryl methyl sites for hydroxylation is 2. The Balaban J connectivity index is 1.46. The van der Waals surface area contributed by atoms with Crippen LogP contribution in [0.25, 0.3) is 22.4 Å². The van der Waals surface area contributed by atoms with Crippen molar-refractivity contribution in [3.05, 3.63) is 54.3 Å². The standard InChI is InChI=1S/C23H24N6O3/c1-14-8-15(5-6-24-14)23-26-20(13-32-23)22(31)25-19-9-16-11-28(2)27-18(16)10-21(19)29-7-3-4-17(30)12-29/h5-6,8-11,13,17,30H,3-4,7,12H2,1-2H3,(H,25,31). The molecule has 0 saturated carbocycles. The minimum absolute atomic E-state index is 0.186. The third kappa shape index (κ3) is 3.94. The molecule has 32 heavy (non-hydrogen) atoms. The summed E-state index contributed by atoms with van der Waals surface area (Å²) >= 11 is 0. The van der Waals surface area contributed by atoms with E-state index in [9.17, 15) is 9.90 Å². The summed E-state index contributed by atoms with van der Waals surface area (Å²) in [6, 6.07) is 7.50. The normalized spacial score (nSPS) is 16.5. The van der Waals surface area contributed by atoms with E-state index in [-0.39, 0.29) is 11.6 Å². The first-order valence-electron chi connectivity index (χ1n) is 10.6. The lowest BCUT2D eigenvalue weighted by Crippen LogP contribution is -2.38. The number of oxazole rings is 1. The fourth-order valence-electron chi connectivity index (χ4n) is 4.09. The zero-order valence-electron chi connectivity index (χ0n) is 17.9. The summed E-state index contributed by atoms with van der Waals surface area (Å²) in [7, 11) is 1.86. The number of hydrogen-bond donors (Lipinski definition) is 2. The number of hydrogen-bond acceptors (Lipinski definition) is 7. The average molecular weight is 432 g/mol. The molecule has 0 spiro atoms. The van der Waals surface area contributed by atoms with Crippen LogP contribution in [0.5, 0.6) is 0 Å². The van der Waals surface area contributed by atoms with Crippen molar-refractivity contribution in [1.82, 2.24) is 19.7 Å². The van der Waals surface area contributed by atoms with E-state index in [4.69, 9.17) is 4.42 Å². The fourth-order valence-corrected chi connectivity index (χ4v) is 4.09. The third-order valence-electron chi connectivity index (χ3n) is 5.60. The number of nitrogens with one attached hydrogen (secondary N) is 1. The predicted octanol–water partition coefficient (Wildman–Crippen LogP) is 3.15. The van der Waals surface area contributed by atoms with Crippen molar-refractivity contribution in [1.29, 1.82) is 0 Å². The Morgan fingerprint density at radius 3 is 3.00 bits per heavy atom. The van der Waals surface area contributed by atoms with E-state index >= 15 is 0 Å². The molecule has 1 atom stereocenters. The van der Waals surface area contributed by atoms with Gasteiger partial charge in [0.15, 0.2) is 5.69 Å². The van der Waals surface area contributed by atoms with Gasteiger partial charge in [-0.1, -0.05) is 0 Å². The molecule has 9 nitrogen and oxygen atoms in total. The van der Waals surface area contributed by atoms with Gasteiger partial charge in [-0.25, -0.2) is 4.98 Å². The second-order valence-electron chi connectivity index (χ2n) is 8.15. The molecule has 1 saturated heterocycles. The van der Waals surface area contributed by atoms with Crippen LogP contribution in [-0.2, 0) is 7.05 Å². The number of carbonyl (C=O) groups is 1. The molecule has 1 aliphatic heterocycles. The number of anilines is 2. The van der Waals surface area contributed by atoms with Crippen molar-refractivity contribution in [3.8, 4) is 11.5 Å². The van der Waals surface area contributed by atoms with E-state index in [0.717, 1.165) is 47.2 Å². The Labute approximate surface area is 184 Å². The summed E-state index contributed by atoms with van der Waals surface area (Å²) in [6.45, 7) is 3.19. The number of aliphatic hydroxyl groups is 1. The van der Waals surface area contributed by atoms with Crippen molar-refractivity contribution in [2.75, 3.05) is 23.3 Å². The Bertz CT molecular complexity index is 1290. The van der Waals surface area contributed by atoms with E-state index in [2.05, 4.69) is 25.3 Å². The lowest BCUT2D eigenvalue weighted by atomic mass is 10.1. The maximum Gasteiger partial charge on any atom is 0.277 e. The number of carbonyl (C=O) groups excluding carboxylic acids is 1. The van der Waals surface area contributed by atoms with Crippen LogP contribution in [0.3, 0.4) is 0 Å². The first-order valence-corrected chi connectivity index (χ1v) is 10.6. The van der Waals surface area contributed by atoms with Crippen molar-refractivity contribution in [2.45, 2.75) is 25.9 Å². The highest BCUT2D eigenvalue weighted by atomic mass is 16.3. The lowest BCUT2D eigenvalue weighted by molar-refractivity contribution is 0.102. The molecule has 164 valence electrons. The van der Waals surface area contributed by atoms with Crippen LogP contribution in [0, 0.1) is 6.92 Å². The number of fused-ring (bicyclic) bond motifs is 1. The summed E-state index contributed by atoms with van der Waals surface area (Å²) in [5.74, 6) is -0.00411. The molecule has 4 aromatic rings. The molecular weight excluding hydrogens is 408 g/mol. The lowest BCUT2D eigenvalue weighted by Gasteiger charge is -2.33. The molecule has 1 aliphatic rings. The van der Waals surface area contributed by atoms with Crippen LogP contribution in [-0.4, -0.2) is 50.0 Å². The van der Waals surface area contributed by atoms with Gasteiger partial charge in [0.1, 0.15) is 6.26 Å². The number of piperidine rings is 1. The maximum atomic E-state index is 13.0. The minimum atomic E-state index is -0.395. The monoisotopic (exact) mass is 432 g/mol. The number of rotatable bonds is 4. The topological polar surface area (TPSA) is 109 Å².